The van der Waals surface area contributed by atoms with Crippen LogP contribution in [0.4, 0.5) is 21.9 Å². The summed E-state index contributed by atoms with van der Waals surface area (Å²) in [6.07, 6.45) is 0. The monoisotopic (exact) mass is 365 g/mol. The van der Waals surface area contributed by atoms with Gasteiger partial charge in [-0.15, -0.1) is 0 Å². The Morgan fingerprint density at radius 3 is 2.46 bits per heavy atom. The second-order valence-electron chi connectivity index (χ2n) is 5.07. The molecule has 124 valence electrons. The number of sulfonamides is 1. The quantitative estimate of drug-likeness (QED) is 0.855. The standard InChI is InChI=1S/C15H12ClN3O4S/c1-9(20)17-11-4-7-14-13(8-11)18-15(21)19(24(14,22)23)12-5-2-10(16)3-6-12/h2-8H,1H3,(H,17,20)(H,18,21). The van der Waals surface area contributed by atoms with Gasteiger partial charge in [-0.3, -0.25) is 4.79 Å². The number of urea groups is 1. The summed E-state index contributed by atoms with van der Waals surface area (Å²) in [5, 5.41) is 5.47. The summed E-state index contributed by atoms with van der Waals surface area (Å²) >= 11 is 5.80. The molecular weight excluding hydrogens is 354 g/mol. The summed E-state index contributed by atoms with van der Waals surface area (Å²) in [5.74, 6) is -0.303. The summed E-state index contributed by atoms with van der Waals surface area (Å²) < 4.78 is 26.2. The van der Waals surface area contributed by atoms with Crippen molar-refractivity contribution in [2.24, 2.45) is 0 Å². The van der Waals surface area contributed by atoms with Gasteiger partial charge in [-0.1, -0.05) is 11.6 Å². The third kappa shape index (κ3) is 2.81. The molecule has 2 aromatic rings. The number of hydrogen-bond acceptors (Lipinski definition) is 4. The van der Waals surface area contributed by atoms with Crippen molar-refractivity contribution >= 4 is 50.6 Å². The zero-order chi connectivity index (χ0) is 17.5. The molecule has 24 heavy (non-hydrogen) atoms. The molecule has 1 aliphatic rings. The van der Waals surface area contributed by atoms with Crippen molar-refractivity contribution in [3.05, 3.63) is 47.5 Å². The highest BCUT2D eigenvalue weighted by molar-refractivity contribution is 7.94. The van der Waals surface area contributed by atoms with Crippen LogP contribution in [0.15, 0.2) is 47.4 Å². The Labute approximate surface area is 143 Å². The second kappa shape index (κ2) is 5.81. The minimum Gasteiger partial charge on any atom is -0.326 e. The van der Waals surface area contributed by atoms with Crippen molar-refractivity contribution in [2.75, 3.05) is 14.9 Å². The molecule has 0 aromatic heterocycles. The largest absolute Gasteiger partial charge is 0.340 e. The summed E-state index contributed by atoms with van der Waals surface area (Å²) in [6, 6.07) is 9.24. The molecule has 1 aliphatic heterocycles. The number of hydrogen-bond donors (Lipinski definition) is 2. The number of halogens is 1. The molecule has 0 unspecified atom stereocenters. The topological polar surface area (TPSA) is 95.6 Å². The molecule has 2 aromatic carbocycles. The van der Waals surface area contributed by atoms with Crippen molar-refractivity contribution in [3.8, 4) is 0 Å². The van der Waals surface area contributed by atoms with Gasteiger partial charge < -0.3 is 10.6 Å². The minimum absolute atomic E-state index is 0.0637. The number of rotatable bonds is 2. The van der Waals surface area contributed by atoms with E-state index in [9.17, 15) is 18.0 Å². The van der Waals surface area contributed by atoms with E-state index in [2.05, 4.69) is 10.6 Å². The van der Waals surface area contributed by atoms with Gasteiger partial charge in [-0.25, -0.2) is 13.2 Å². The first-order chi connectivity index (χ1) is 11.3. The average molecular weight is 366 g/mol. The normalized spacial score (nSPS) is 15.4. The van der Waals surface area contributed by atoms with Gasteiger partial charge in [0.2, 0.25) is 5.91 Å². The number of carbonyl (C=O) groups excluding carboxylic acids is 2. The summed E-state index contributed by atoms with van der Waals surface area (Å²) in [5.41, 5.74) is 0.668. The zero-order valence-corrected chi connectivity index (χ0v) is 14.0. The van der Waals surface area contributed by atoms with Crippen molar-refractivity contribution in [1.82, 2.24) is 0 Å². The van der Waals surface area contributed by atoms with Crippen LogP contribution in [-0.4, -0.2) is 20.4 Å². The molecule has 0 saturated carbocycles. The highest BCUT2D eigenvalue weighted by Gasteiger charge is 2.37. The molecule has 0 atom stereocenters. The van der Waals surface area contributed by atoms with Crippen molar-refractivity contribution in [2.45, 2.75) is 11.8 Å². The Hall–Kier alpha value is -2.58. The minimum atomic E-state index is -4.08. The SMILES string of the molecule is CC(=O)Nc1ccc2c(c1)NC(=O)N(c1ccc(Cl)cc1)S2(=O)=O. The maximum atomic E-state index is 12.8. The lowest BCUT2D eigenvalue weighted by molar-refractivity contribution is -0.114. The Bertz CT molecular complexity index is 942. The lowest BCUT2D eigenvalue weighted by Crippen LogP contribution is -2.44. The molecule has 9 heteroatoms. The maximum Gasteiger partial charge on any atom is 0.340 e. The first-order valence-corrected chi connectivity index (χ1v) is 8.64. The van der Waals surface area contributed by atoms with Crippen molar-refractivity contribution in [3.63, 3.8) is 0 Å². The van der Waals surface area contributed by atoms with Crippen molar-refractivity contribution < 1.29 is 18.0 Å². The molecule has 0 spiro atoms. The third-order valence-corrected chi connectivity index (χ3v) is 5.33. The van der Waals surface area contributed by atoms with Crippen LogP contribution in [0.5, 0.6) is 0 Å². The van der Waals surface area contributed by atoms with E-state index in [1.807, 2.05) is 0 Å². The molecule has 3 amide bonds. The van der Waals surface area contributed by atoms with Crippen LogP contribution in [0, 0.1) is 0 Å². The smallest absolute Gasteiger partial charge is 0.326 e. The van der Waals surface area contributed by atoms with Crippen LogP contribution < -0.4 is 14.9 Å². The number of amides is 3. The van der Waals surface area contributed by atoms with E-state index in [0.29, 0.717) is 15.0 Å². The van der Waals surface area contributed by atoms with Crippen LogP contribution in [0.2, 0.25) is 5.02 Å². The van der Waals surface area contributed by atoms with Gasteiger partial charge >= 0.3 is 6.03 Å². The molecule has 0 bridgehead atoms. The van der Waals surface area contributed by atoms with Crippen LogP contribution in [-0.2, 0) is 14.8 Å². The summed E-state index contributed by atoms with van der Waals surface area (Å²) in [6.45, 7) is 1.33. The van der Waals surface area contributed by atoms with E-state index in [1.54, 1.807) is 0 Å². The third-order valence-electron chi connectivity index (χ3n) is 3.31. The molecule has 0 radical (unpaired) electrons. The van der Waals surface area contributed by atoms with Gasteiger partial charge in [0.25, 0.3) is 10.0 Å². The van der Waals surface area contributed by atoms with E-state index >= 15 is 0 Å². The van der Waals surface area contributed by atoms with Crippen LogP contribution >= 0.6 is 11.6 Å². The van der Waals surface area contributed by atoms with Gasteiger partial charge in [0.15, 0.2) is 0 Å². The Balaban J connectivity index is 2.08. The molecule has 0 fully saturated rings. The van der Waals surface area contributed by atoms with Gasteiger partial charge in [-0.05, 0) is 42.5 Å². The van der Waals surface area contributed by atoms with E-state index in [4.69, 9.17) is 11.6 Å². The highest BCUT2D eigenvalue weighted by Crippen LogP contribution is 2.35. The van der Waals surface area contributed by atoms with Gasteiger partial charge in [-0.2, -0.15) is 4.31 Å². The molecule has 2 N–H and O–H groups in total. The maximum absolute atomic E-state index is 12.8. The highest BCUT2D eigenvalue weighted by atomic mass is 35.5. The molecule has 3 rings (SSSR count). The predicted molar refractivity (Wildman–Crippen MR) is 90.9 cm³/mol. The molecule has 0 saturated heterocycles. The first-order valence-electron chi connectivity index (χ1n) is 6.82. The van der Waals surface area contributed by atoms with Gasteiger partial charge in [0.1, 0.15) is 4.90 Å². The number of nitrogens with one attached hydrogen (secondary N) is 2. The lowest BCUT2D eigenvalue weighted by Gasteiger charge is -2.29. The van der Waals surface area contributed by atoms with Crippen LogP contribution in [0.25, 0.3) is 0 Å². The van der Waals surface area contributed by atoms with E-state index < -0.39 is 16.1 Å². The molecule has 7 nitrogen and oxygen atoms in total. The number of benzene rings is 2. The second-order valence-corrected chi connectivity index (χ2v) is 7.26. The molecule has 0 aliphatic carbocycles. The lowest BCUT2D eigenvalue weighted by atomic mass is 10.2. The van der Waals surface area contributed by atoms with Crippen LogP contribution in [0.1, 0.15) is 6.92 Å². The summed E-state index contributed by atoms with van der Waals surface area (Å²) in [4.78, 5) is 23.3. The fourth-order valence-electron chi connectivity index (χ4n) is 2.34. The number of anilines is 3. The Kier molecular flexibility index (Phi) is 3.94. The zero-order valence-electron chi connectivity index (χ0n) is 12.4. The van der Waals surface area contributed by atoms with Crippen LogP contribution in [0.3, 0.4) is 0 Å². The predicted octanol–water partition coefficient (Wildman–Crippen LogP) is 3.04. The number of nitrogens with zero attached hydrogens (tertiary/aromatic N) is 1. The van der Waals surface area contributed by atoms with Gasteiger partial charge in [0, 0.05) is 17.6 Å². The Morgan fingerprint density at radius 1 is 1.17 bits per heavy atom. The molecule has 1 heterocycles. The van der Waals surface area contributed by atoms with Crippen molar-refractivity contribution in [1.29, 1.82) is 0 Å². The first kappa shape index (κ1) is 16.3. The average Bonchev–Trinajstić information content (AvgIpc) is 2.47. The summed E-state index contributed by atoms with van der Waals surface area (Å²) in [7, 11) is -4.08. The van der Waals surface area contributed by atoms with Gasteiger partial charge in [0.05, 0.1) is 11.4 Å². The number of fused-ring (bicyclic) bond motifs is 1. The Morgan fingerprint density at radius 2 is 1.83 bits per heavy atom. The fourth-order valence-corrected chi connectivity index (χ4v) is 3.95. The van der Waals surface area contributed by atoms with E-state index in [1.165, 1.54) is 49.4 Å². The number of carbonyl (C=O) groups is 2. The van der Waals surface area contributed by atoms with E-state index in [-0.39, 0.29) is 22.2 Å². The fraction of sp³-hybridized carbons (Fsp3) is 0.0667. The van der Waals surface area contributed by atoms with E-state index in [0.717, 1.165) is 0 Å². The molecular formula is C15H12ClN3O4S.